The molecule has 0 radical (unpaired) electrons. The van der Waals surface area contributed by atoms with Crippen molar-refractivity contribution in [2.24, 2.45) is 0 Å². The van der Waals surface area contributed by atoms with E-state index in [0.29, 0.717) is 0 Å². The molecule has 1 aromatic carbocycles. The van der Waals surface area contributed by atoms with E-state index in [9.17, 15) is 0 Å². The molecule has 0 aliphatic carbocycles. The Bertz CT molecular complexity index is 1420. The first kappa shape index (κ1) is 24.6. The minimum Gasteiger partial charge on any atom is -0.364 e. The summed E-state index contributed by atoms with van der Waals surface area (Å²) in [5, 5.41) is 8.89. The Morgan fingerprint density at radius 3 is 2.49 bits per heavy atom. The number of pyridine rings is 2. The van der Waals surface area contributed by atoms with Crippen molar-refractivity contribution in [2.75, 3.05) is 48.8 Å². The topological polar surface area (TPSA) is 82.1 Å². The van der Waals surface area contributed by atoms with Crippen molar-refractivity contribution in [2.45, 2.75) is 26.3 Å². The van der Waals surface area contributed by atoms with Crippen LogP contribution in [-0.2, 0) is 0 Å². The van der Waals surface area contributed by atoms with Gasteiger partial charge in [0.15, 0.2) is 0 Å². The molecule has 2 N–H and O–H groups in total. The maximum Gasteiger partial charge on any atom is 0.145 e. The molecule has 1 saturated heterocycles. The molecular weight excluding hydrogens is 460 g/mol. The van der Waals surface area contributed by atoms with Gasteiger partial charge in [0.1, 0.15) is 17.5 Å². The van der Waals surface area contributed by atoms with Gasteiger partial charge in [0.25, 0.3) is 0 Å². The fraction of sp³-hybridized carbons (Fsp3) is 0.310. The molecule has 4 aromatic rings. The van der Waals surface area contributed by atoms with Crippen LogP contribution in [0.4, 0.5) is 17.5 Å². The highest BCUT2D eigenvalue weighted by Gasteiger charge is 2.16. The number of fused-ring (bicyclic) bond motifs is 1. The number of piperazine rings is 1. The van der Waals surface area contributed by atoms with Gasteiger partial charge in [-0.05, 0) is 57.5 Å². The highest BCUT2D eigenvalue weighted by Crippen LogP contribution is 2.27. The highest BCUT2D eigenvalue weighted by atomic mass is 15.3. The van der Waals surface area contributed by atoms with Gasteiger partial charge in [-0.2, -0.15) is 0 Å². The smallest absolute Gasteiger partial charge is 0.145 e. The zero-order valence-electron chi connectivity index (χ0n) is 22.0. The van der Waals surface area contributed by atoms with Gasteiger partial charge in [0, 0.05) is 66.3 Å². The molecule has 0 unspecified atom stereocenters. The molecule has 37 heavy (non-hydrogen) atoms. The monoisotopic (exact) mass is 494 g/mol. The minimum absolute atomic E-state index is 0.0919. The molecule has 8 heteroatoms. The van der Waals surface area contributed by atoms with Gasteiger partial charge in [-0.1, -0.05) is 18.7 Å². The van der Waals surface area contributed by atoms with Crippen LogP contribution in [0.5, 0.6) is 0 Å². The van der Waals surface area contributed by atoms with E-state index in [1.807, 2.05) is 24.5 Å². The first-order chi connectivity index (χ1) is 17.7. The van der Waals surface area contributed by atoms with Crippen LogP contribution in [0.25, 0.3) is 27.7 Å². The first-order valence-electron chi connectivity index (χ1n) is 12.6. The Hall–Kier alpha value is -4.04. The third kappa shape index (κ3) is 6.03. The van der Waals surface area contributed by atoms with E-state index in [2.05, 4.69) is 94.0 Å². The molecule has 1 aliphatic rings. The van der Waals surface area contributed by atoms with E-state index >= 15 is 0 Å². The van der Waals surface area contributed by atoms with Crippen molar-refractivity contribution in [3.05, 3.63) is 73.3 Å². The lowest BCUT2D eigenvalue weighted by molar-refractivity contribution is 0.312. The SMILES string of the molecule is C=C(Nc1cc2cc(-c3cncc(NC(C)(C)C)n3)ccc2cn1)c1ccnc(N2CCN(C)CC2)c1. The maximum atomic E-state index is 4.76. The zero-order chi connectivity index (χ0) is 26.0. The van der Waals surface area contributed by atoms with Crippen molar-refractivity contribution in [3.63, 3.8) is 0 Å². The predicted octanol–water partition coefficient (Wildman–Crippen LogP) is 5.13. The third-order valence-electron chi connectivity index (χ3n) is 6.36. The van der Waals surface area contributed by atoms with Crippen molar-refractivity contribution in [3.8, 4) is 11.3 Å². The molecule has 0 atom stereocenters. The number of likely N-dealkylation sites (N-methyl/N-ethyl adjacent to an activating group) is 1. The Kier molecular flexibility index (Phi) is 6.76. The molecule has 4 heterocycles. The quantitative estimate of drug-likeness (QED) is 0.382. The molecule has 5 rings (SSSR count). The first-order valence-corrected chi connectivity index (χ1v) is 12.6. The second-order valence-electron chi connectivity index (χ2n) is 10.6. The van der Waals surface area contributed by atoms with E-state index in [-0.39, 0.29) is 5.54 Å². The molecular formula is C29H34N8. The normalized spacial score (nSPS) is 14.5. The summed E-state index contributed by atoms with van der Waals surface area (Å²) < 4.78 is 0. The van der Waals surface area contributed by atoms with Crippen LogP contribution in [0, 0.1) is 0 Å². The largest absolute Gasteiger partial charge is 0.364 e. The molecule has 0 bridgehead atoms. The van der Waals surface area contributed by atoms with Crippen LogP contribution >= 0.6 is 0 Å². The van der Waals surface area contributed by atoms with Crippen molar-refractivity contribution < 1.29 is 0 Å². The second-order valence-corrected chi connectivity index (χ2v) is 10.6. The molecule has 0 spiro atoms. The van der Waals surface area contributed by atoms with Crippen LogP contribution < -0.4 is 15.5 Å². The number of hydrogen-bond acceptors (Lipinski definition) is 8. The fourth-order valence-corrected chi connectivity index (χ4v) is 4.36. The molecule has 190 valence electrons. The van der Waals surface area contributed by atoms with Gasteiger partial charge in [0.05, 0.1) is 18.1 Å². The van der Waals surface area contributed by atoms with Crippen molar-refractivity contribution in [1.29, 1.82) is 0 Å². The lowest BCUT2D eigenvalue weighted by Gasteiger charge is -2.33. The number of aromatic nitrogens is 4. The van der Waals surface area contributed by atoms with E-state index in [4.69, 9.17) is 4.98 Å². The van der Waals surface area contributed by atoms with Gasteiger partial charge in [0.2, 0.25) is 0 Å². The van der Waals surface area contributed by atoms with E-state index < -0.39 is 0 Å². The number of hydrogen-bond donors (Lipinski definition) is 2. The van der Waals surface area contributed by atoms with Crippen molar-refractivity contribution in [1.82, 2.24) is 24.8 Å². The maximum absolute atomic E-state index is 4.76. The summed E-state index contributed by atoms with van der Waals surface area (Å²) in [5.74, 6) is 2.47. The van der Waals surface area contributed by atoms with Crippen LogP contribution in [0.15, 0.2) is 67.8 Å². The highest BCUT2D eigenvalue weighted by molar-refractivity contribution is 5.89. The van der Waals surface area contributed by atoms with Gasteiger partial charge in [-0.25, -0.2) is 15.0 Å². The molecule has 0 saturated carbocycles. The minimum atomic E-state index is -0.0919. The summed E-state index contributed by atoms with van der Waals surface area (Å²) in [6, 6.07) is 12.3. The summed E-state index contributed by atoms with van der Waals surface area (Å²) in [6.07, 6.45) is 7.26. The van der Waals surface area contributed by atoms with Crippen LogP contribution in [0.1, 0.15) is 26.3 Å². The Labute approximate surface area is 218 Å². The fourth-order valence-electron chi connectivity index (χ4n) is 4.36. The van der Waals surface area contributed by atoms with Gasteiger partial charge < -0.3 is 20.4 Å². The second kappa shape index (κ2) is 10.1. The van der Waals surface area contributed by atoms with E-state index in [1.165, 1.54) is 0 Å². The lowest BCUT2D eigenvalue weighted by Crippen LogP contribution is -2.44. The average Bonchev–Trinajstić information content (AvgIpc) is 2.88. The third-order valence-corrected chi connectivity index (χ3v) is 6.36. The van der Waals surface area contributed by atoms with Gasteiger partial charge in [-0.3, -0.25) is 4.98 Å². The number of rotatable bonds is 6. The standard InChI is InChI=1S/C29H34N8/c1-20(21-8-9-31-28(16-21)37-12-10-36(5)11-13-37)33-26-15-24-14-22(6-7-23(24)17-32-26)25-18-30-19-27(34-25)35-29(2,3)4/h6-9,14-19H,1,10-13H2,2-5H3,(H,32,33)(H,34,35). The number of benzene rings is 1. The number of anilines is 3. The zero-order valence-corrected chi connectivity index (χ0v) is 22.0. The van der Waals surface area contributed by atoms with Crippen LogP contribution in [0.3, 0.4) is 0 Å². The van der Waals surface area contributed by atoms with Crippen LogP contribution in [0.2, 0.25) is 0 Å². The Balaban J connectivity index is 1.35. The summed E-state index contributed by atoms with van der Waals surface area (Å²) >= 11 is 0. The molecule has 0 amide bonds. The Morgan fingerprint density at radius 2 is 1.70 bits per heavy atom. The number of nitrogens with zero attached hydrogens (tertiary/aromatic N) is 6. The summed E-state index contributed by atoms with van der Waals surface area (Å²) in [4.78, 5) is 23.0. The number of nitrogens with one attached hydrogen (secondary N) is 2. The van der Waals surface area contributed by atoms with Crippen LogP contribution in [-0.4, -0.2) is 63.6 Å². The summed E-state index contributed by atoms with van der Waals surface area (Å²) in [6.45, 7) is 14.6. The van der Waals surface area contributed by atoms with Gasteiger partial charge in [-0.15, -0.1) is 0 Å². The molecule has 1 fully saturated rings. The summed E-state index contributed by atoms with van der Waals surface area (Å²) in [5.41, 5.74) is 3.51. The van der Waals surface area contributed by atoms with Crippen molar-refractivity contribution >= 4 is 33.9 Å². The average molecular weight is 495 g/mol. The molecule has 1 aliphatic heterocycles. The Morgan fingerprint density at radius 1 is 0.892 bits per heavy atom. The van der Waals surface area contributed by atoms with Gasteiger partial charge >= 0.3 is 0 Å². The summed E-state index contributed by atoms with van der Waals surface area (Å²) in [7, 11) is 2.15. The van der Waals surface area contributed by atoms with E-state index in [0.717, 1.165) is 76.9 Å². The van der Waals surface area contributed by atoms with E-state index in [1.54, 1.807) is 12.4 Å². The molecule has 3 aromatic heterocycles. The molecule has 8 nitrogen and oxygen atoms in total. The lowest BCUT2D eigenvalue weighted by atomic mass is 10.1. The predicted molar refractivity (Wildman–Crippen MR) is 153 cm³/mol.